The van der Waals surface area contributed by atoms with Crippen LogP contribution in [0.4, 0.5) is 13.2 Å². The predicted octanol–water partition coefficient (Wildman–Crippen LogP) is 3.63. The molecule has 1 atom stereocenters. The monoisotopic (exact) mass is 282 g/mol. The van der Waals surface area contributed by atoms with Crippen LogP contribution in [0.25, 0.3) is 0 Å². The highest BCUT2D eigenvalue weighted by molar-refractivity contribution is 5.27. The maximum atomic E-state index is 12.5. The standard InChI is InChI=1S/C15H17F3N2/c1-14(11-19,20-8-2-3-9-20)10-12-4-6-13(7-5-12)15(16,17)18/h4-7H,2-3,8-10H2,1H3. The number of halogens is 3. The van der Waals surface area contributed by atoms with Crippen LogP contribution in [-0.2, 0) is 12.6 Å². The molecule has 2 rings (SSSR count). The van der Waals surface area contributed by atoms with Crippen LogP contribution in [0.2, 0.25) is 0 Å². The second-order valence-electron chi connectivity index (χ2n) is 5.45. The molecular formula is C15H17F3N2. The Morgan fingerprint density at radius 2 is 1.70 bits per heavy atom. The van der Waals surface area contributed by atoms with Crippen molar-refractivity contribution in [1.29, 1.82) is 5.26 Å². The summed E-state index contributed by atoms with van der Waals surface area (Å²) in [4.78, 5) is 2.12. The van der Waals surface area contributed by atoms with Crippen LogP contribution in [0.3, 0.4) is 0 Å². The second kappa shape index (κ2) is 5.45. The van der Waals surface area contributed by atoms with Crippen molar-refractivity contribution in [3.63, 3.8) is 0 Å². The van der Waals surface area contributed by atoms with Crippen LogP contribution in [0.1, 0.15) is 30.9 Å². The summed E-state index contributed by atoms with van der Waals surface area (Å²) in [5.41, 5.74) is -0.536. The van der Waals surface area contributed by atoms with Gasteiger partial charge in [0, 0.05) is 6.42 Å². The van der Waals surface area contributed by atoms with Gasteiger partial charge in [-0.2, -0.15) is 18.4 Å². The van der Waals surface area contributed by atoms with E-state index in [1.54, 1.807) is 0 Å². The molecule has 1 heterocycles. The van der Waals surface area contributed by atoms with Gasteiger partial charge in [-0.1, -0.05) is 12.1 Å². The highest BCUT2D eigenvalue weighted by Crippen LogP contribution is 2.30. The lowest BCUT2D eigenvalue weighted by molar-refractivity contribution is -0.137. The predicted molar refractivity (Wildman–Crippen MR) is 70.0 cm³/mol. The molecule has 0 N–H and O–H groups in total. The van der Waals surface area contributed by atoms with Gasteiger partial charge in [-0.05, 0) is 50.6 Å². The molecule has 0 saturated carbocycles. The van der Waals surface area contributed by atoms with Crippen LogP contribution in [-0.4, -0.2) is 23.5 Å². The third-order valence-corrected chi connectivity index (χ3v) is 3.87. The van der Waals surface area contributed by atoms with E-state index in [1.807, 2.05) is 6.92 Å². The van der Waals surface area contributed by atoms with Crippen molar-refractivity contribution in [2.75, 3.05) is 13.1 Å². The van der Waals surface area contributed by atoms with E-state index in [9.17, 15) is 18.4 Å². The first-order valence-corrected chi connectivity index (χ1v) is 6.68. The molecule has 20 heavy (non-hydrogen) atoms. The summed E-state index contributed by atoms with van der Waals surface area (Å²) in [6, 6.07) is 7.41. The van der Waals surface area contributed by atoms with Gasteiger partial charge < -0.3 is 0 Å². The average molecular weight is 282 g/mol. The van der Waals surface area contributed by atoms with Crippen molar-refractivity contribution in [1.82, 2.24) is 4.90 Å². The van der Waals surface area contributed by atoms with Gasteiger partial charge in [-0.3, -0.25) is 4.90 Å². The van der Waals surface area contributed by atoms with E-state index in [2.05, 4.69) is 11.0 Å². The van der Waals surface area contributed by atoms with Gasteiger partial charge >= 0.3 is 6.18 Å². The van der Waals surface area contributed by atoms with E-state index < -0.39 is 17.3 Å². The molecule has 1 fully saturated rings. The molecule has 1 aliphatic rings. The normalized spacial score (nSPS) is 19.6. The molecule has 0 aliphatic carbocycles. The molecule has 1 aromatic carbocycles. The SMILES string of the molecule is CC(C#N)(Cc1ccc(C(F)(F)F)cc1)N1CCCC1. The first-order chi connectivity index (χ1) is 9.35. The molecule has 108 valence electrons. The van der Waals surface area contributed by atoms with Gasteiger partial charge in [0.15, 0.2) is 0 Å². The molecule has 1 unspecified atom stereocenters. The van der Waals surface area contributed by atoms with Crippen LogP contribution in [0.5, 0.6) is 0 Å². The zero-order valence-corrected chi connectivity index (χ0v) is 11.4. The maximum absolute atomic E-state index is 12.5. The zero-order chi connectivity index (χ0) is 14.8. The maximum Gasteiger partial charge on any atom is 0.416 e. The van der Waals surface area contributed by atoms with Crippen LogP contribution in [0, 0.1) is 11.3 Å². The molecule has 1 aliphatic heterocycles. The number of nitrogens with zero attached hydrogens (tertiary/aromatic N) is 2. The average Bonchev–Trinajstić information content (AvgIpc) is 2.92. The highest BCUT2D eigenvalue weighted by Gasteiger charge is 2.34. The van der Waals surface area contributed by atoms with Gasteiger partial charge in [0.1, 0.15) is 5.54 Å². The minimum Gasteiger partial charge on any atom is -0.285 e. The molecule has 0 radical (unpaired) electrons. The smallest absolute Gasteiger partial charge is 0.285 e. The summed E-state index contributed by atoms with van der Waals surface area (Å²) in [5, 5.41) is 9.42. The van der Waals surface area contributed by atoms with Crippen molar-refractivity contribution in [2.24, 2.45) is 0 Å². The number of hydrogen-bond donors (Lipinski definition) is 0. The van der Waals surface area contributed by atoms with E-state index in [1.165, 1.54) is 12.1 Å². The third-order valence-electron chi connectivity index (χ3n) is 3.87. The van der Waals surface area contributed by atoms with Crippen molar-refractivity contribution in [3.05, 3.63) is 35.4 Å². The highest BCUT2D eigenvalue weighted by atomic mass is 19.4. The van der Waals surface area contributed by atoms with Crippen molar-refractivity contribution >= 4 is 0 Å². The van der Waals surface area contributed by atoms with Gasteiger partial charge in [-0.15, -0.1) is 0 Å². The first-order valence-electron chi connectivity index (χ1n) is 6.68. The van der Waals surface area contributed by atoms with Crippen molar-refractivity contribution < 1.29 is 13.2 Å². The lowest BCUT2D eigenvalue weighted by atomic mass is 9.92. The van der Waals surface area contributed by atoms with E-state index in [4.69, 9.17) is 0 Å². The summed E-state index contributed by atoms with van der Waals surface area (Å²) in [7, 11) is 0. The minimum atomic E-state index is -4.31. The van der Waals surface area contributed by atoms with E-state index in [-0.39, 0.29) is 0 Å². The van der Waals surface area contributed by atoms with E-state index >= 15 is 0 Å². The Balaban J connectivity index is 2.14. The Morgan fingerprint density at radius 3 is 2.15 bits per heavy atom. The van der Waals surface area contributed by atoms with E-state index in [0.29, 0.717) is 6.42 Å². The fraction of sp³-hybridized carbons (Fsp3) is 0.533. The largest absolute Gasteiger partial charge is 0.416 e. The molecule has 5 heteroatoms. The lowest BCUT2D eigenvalue weighted by Gasteiger charge is -2.32. The number of rotatable bonds is 3. The Labute approximate surface area is 116 Å². The third kappa shape index (κ3) is 3.13. The topological polar surface area (TPSA) is 27.0 Å². The van der Waals surface area contributed by atoms with Crippen molar-refractivity contribution in [2.45, 2.75) is 37.9 Å². The van der Waals surface area contributed by atoms with Crippen LogP contribution in [0.15, 0.2) is 24.3 Å². The van der Waals surface area contributed by atoms with Crippen LogP contribution >= 0.6 is 0 Å². The summed E-state index contributed by atoms with van der Waals surface area (Å²) >= 11 is 0. The van der Waals surface area contributed by atoms with E-state index in [0.717, 1.165) is 43.6 Å². The van der Waals surface area contributed by atoms with Gasteiger partial charge in [0.2, 0.25) is 0 Å². The lowest BCUT2D eigenvalue weighted by Crippen LogP contribution is -2.45. The number of benzene rings is 1. The fourth-order valence-corrected chi connectivity index (χ4v) is 2.64. The summed E-state index contributed by atoms with van der Waals surface area (Å²) in [6.45, 7) is 3.62. The van der Waals surface area contributed by atoms with Crippen molar-refractivity contribution in [3.8, 4) is 6.07 Å². The summed E-state index contributed by atoms with van der Waals surface area (Å²) in [5.74, 6) is 0. The quantitative estimate of drug-likeness (QED) is 0.846. The second-order valence-corrected chi connectivity index (χ2v) is 5.45. The molecule has 1 saturated heterocycles. The van der Waals surface area contributed by atoms with Gasteiger partial charge in [0.25, 0.3) is 0 Å². The van der Waals surface area contributed by atoms with Crippen LogP contribution < -0.4 is 0 Å². The molecule has 2 nitrogen and oxygen atoms in total. The Hall–Kier alpha value is -1.54. The van der Waals surface area contributed by atoms with Gasteiger partial charge in [0.05, 0.1) is 11.6 Å². The molecular weight excluding hydrogens is 265 g/mol. The molecule has 0 amide bonds. The summed E-state index contributed by atoms with van der Waals surface area (Å²) < 4.78 is 37.5. The zero-order valence-electron chi connectivity index (χ0n) is 11.4. The Bertz CT molecular complexity index is 495. The van der Waals surface area contributed by atoms with Gasteiger partial charge in [-0.25, -0.2) is 0 Å². The molecule has 0 bridgehead atoms. The molecule has 0 aromatic heterocycles. The Kier molecular flexibility index (Phi) is 4.05. The molecule has 1 aromatic rings. The number of hydrogen-bond acceptors (Lipinski definition) is 2. The summed E-state index contributed by atoms with van der Waals surface area (Å²) in [6.07, 6.45) is -1.72. The fourth-order valence-electron chi connectivity index (χ4n) is 2.64. The number of nitriles is 1. The number of likely N-dealkylation sites (tertiary alicyclic amines) is 1. The Morgan fingerprint density at radius 1 is 1.15 bits per heavy atom. The number of alkyl halides is 3. The minimum absolute atomic E-state index is 0.446. The molecule has 0 spiro atoms. The first kappa shape index (κ1) is 14.9.